The van der Waals surface area contributed by atoms with Crippen molar-refractivity contribution in [1.82, 2.24) is 4.31 Å². The normalized spacial score (nSPS) is 18.4. The van der Waals surface area contributed by atoms with E-state index in [4.69, 9.17) is 9.47 Å². The summed E-state index contributed by atoms with van der Waals surface area (Å²) < 4.78 is 36.8. The Bertz CT molecular complexity index is 1130. The average molecular weight is 445 g/mol. The summed E-state index contributed by atoms with van der Waals surface area (Å²) in [6.45, 7) is 1.15. The van der Waals surface area contributed by atoms with E-state index in [2.05, 4.69) is 5.32 Å². The number of carbonyl (C=O) groups is 2. The van der Waals surface area contributed by atoms with Gasteiger partial charge in [0.1, 0.15) is 13.2 Å². The standard InChI is InChI=1S/C21H23N3O6S/c1-23(2)31(27,28)17-5-3-4-15(11-17)22-21(26)14-10-20(25)24(13-14)16-6-7-18-19(12-16)30-9-8-29-18/h3-7,11-12,14H,8-10,13H2,1-2H3,(H,22,26)/t14-/m1/s1. The van der Waals surface area contributed by atoms with Gasteiger partial charge < -0.3 is 19.7 Å². The molecule has 0 bridgehead atoms. The molecular weight excluding hydrogens is 422 g/mol. The Kier molecular flexibility index (Phi) is 5.59. The molecular formula is C21H23N3O6S. The van der Waals surface area contributed by atoms with E-state index in [0.717, 1.165) is 4.31 Å². The van der Waals surface area contributed by atoms with E-state index in [1.54, 1.807) is 35.2 Å². The van der Waals surface area contributed by atoms with Gasteiger partial charge in [0.25, 0.3) is 0 Å². The van der Waals surface area contributed by atoms with E-state index in [-0.39, 0.29) is 29.7 Å². The topological polar surface area (TPSA) is 105 Å². The van der Waals surface area contributed by atoms with Crippen LogP contribution < -0.4 is 19.7 Å². The first-order chi connectivity index (χ1) is 14.8. The molecule has 2 aliphatic rings. The Balaban J connectivity index is 1.47. The third-order valence-corrected chi connectivity index (χ3v) is 7.02. The van der Waals surface area contributed by atoms with Crippen LogP contribution in [0.2, 0.25) is 0 Å². The predicted molar refractivity (Wildman–Crippen MR) is 114 cm³/mol. The van der Waals surface area contributed by atoms with Crippen LogP contribution in [0, 0.1) is 5.92 Å². The second kappa shape index (κ2) is 8.20. The van der Waals surface area contributed by atoms with E-state index in [0.29, 0.717) is 36.1 Å². The SMILES string of the molecule is CN(C)S(=O)(=O)c1cccc(NC(=O)[C@@H]2CC(=O)N(c3ccc4c(c3)OCCO4)C2)c1. The van der Waals surface area contributed by atoms with Gasteiger partial charge in [-0.15, -0.1) is 0 Å². The van der Waals surface area contributed by atoms with E-state index in [9.17, 15) is 18.0 Å². The molecule has 31 heavy (non-hydrogen) atoms. The number of nitrogens with one attached hydrogen (secondary N) is 1. The first-order valence-electron chi connectivity index (χ1n) is 9.79. The van der Waals surface area contributed by atoms with Crippen molar-refractivity contribution in [2.75, 3.05) is 44.1 Å². The minimum atomic E-state index is -3.62. The van der Waals surface area contributed by atoms with Crippen LogP contribution in [0.3, 0.4) is 0 Å². The van der Waals surface area contributed by atoms with Gasteiger partial charge in [0, 0.05) is 44.5 Å². The van der Waals surface area contributed by atoms with Gasteiger partial charge in [0.2, 0.25) is 21.8 Å². The van der Waals surface area contributed by atoms with Crippen LogP contribution in [0.4, 0.5) is 11.4 Å². The number of nitrogens with zero attached hydrogens (tertiary/aromatic N) is 2. The van der Waals surface area contributed by atoms with Gasteiger partial charge >= 0.3 is 0 Å². The summed E-state index contributed by atoms with van der Waals surface area (Å²) in [6.07, 6.45) is 0.0654. The maximum Gasteiger partial charge on any atom is 0.242 e. The Labute approximate surface area is 180 Å². The number of rotatable bonds is 5. The van der Waals surface area contributed by atoms with Gasteiger partial charge in [-0.05, 0) is 30.3 Å². The van der Waals surface area contributed by atoms with Gasteiger partial charge in [-0.25, -0.2) is 12.7 Å². The molecule has 0 saturated carbocycles. The predicted octanol–water partition coefficient (Wildman–Crippen LogP) is 1.70. The van der Waals surface area contributed by atoms with Crippen LogP contribution in [0.5, 0.6) is 11.5 Å². The molecule has 0 aliphatic carbocycles. The molecule has 10 heteroatoms. The highest BCUT2D eigenvalue weighted by molar-refractivity contribution is 7.89. The minimum Gasteiger partial charge on any atom is -0.486 e. The number of ether oxygens (including phenoxy) is 2. The molecule has 4 rings (SSSR count). The number of hydrogen-bond donors (Lipinski definition) is 1. The number of fused-ring (bicyclic) bond motifs is 1. The summed E-state index contributed by atoms with van der Waals surface area (Å²) in [6, 6.07) is 11.3. The molecule has 0 spiro atoms. The van der Waals surface area contributed by atoms with Gasteiger partial charge in [-0.1, -0.05) is 6.07 Å². The van der Waals surface area contributed by atoms with Crippen LogP contribution in [0.1, 0.15) is 6.42 Å². The molecule has 1 N–H and O–H groups in total. The number of hydrogen-bond acceptors (Lipinski definition) is 6. The highest BCUT2D eigenvalue weighted by Gasteiger charge is 2.35. The van der Waals surface area contributed by atoms with E-state index in [1.807, 2.05) is 0 Å². The van der Waals surface area contributed by atoms with E-state index >= 15 is 0 Å². The van der Waals surface area contributed by atoms with Crippen LogP contribution in [0.15, 0.2) is 47.4 Å². The lowest BCUT2D eigenvalue weighted by molar-refractivity contribution is -0.122. The fourth-order valence-electron chi connectivity index (χ4n) is 3.52. The van der Waals surface area contributed by atoms with E-state index in [1.165, 1.54) is 26.2 Å². The molecule has 1 saturated heterocycles. The molecule has 1 atom stereocenters. The number of carbonyl (C=O) groups excluding carboxylic acids is 2. The first kappa shape index (κ1) is 21.1. The van der Waals surface area contributed by atoms with Crippen molar-refractivity contribution in [3.8, 4) is 11.5 Å². The van der Waals surface area contributed by atoms with Gasteiger partial charge in [-0.2, -0.15) is 0 Å². The summed E-state index contributed by atoms with van der Waals surface area (Å²) >= 11 is 0. The van der Waals surface area contributed by atoms with Crippen LogP contribution in [0.25, 0.3) is 0 Å². The number of benzene rings is 2. The fraction of sp³-hybridized carbons (Fsp3) is 0.333. The second-order valence-corrected chi connectivity index (χ2v) is 9.69. The van der Waals surface area contributed by atoms with Crippen molar-refractivity contribution in [1.29, 1.82) is 0 Å². The average Bonchev–Trinajstić information content (AvgIpc) is 3.15. The smallest absolute Gasteiger partial charge is 0.242 e. The van der Waals surface area contributed by atoms with Crippen LogP contribution >= 0.6 is 0 Å². The molecule has 2 aliphatic heterocycles. The lowest BCUT2D eigenvalue weighted by Gasteiger charge is -2.22. The Morgan fingerprint density at radius 3 is 2.58 bits per heavy atom. The number of sulfonamides is 1. The largest absolute Gasteiger partial charge is 0.486 e. The fourth-order valence-corrected chi connectivity index (χ4v) is 4.47. The summed E-state index contributed by atoms with van der Waals surface area (Å²) in [5.74, 6) is 0.134. The lowest BCUT2D eigenvalue weighted by atomic mass is 10.1. The van der Waals surface area contributed by atoms with Crippen molar-refractivity contribution < 1.29 is 27.5 Å². The van der Waals surface area contributed by atoms with Crippen molar-refractivity contribution in [3.05, 3.63) is 42.5 Å². The number of amides is 2. The molecule has 0 unspecified atom stereocenters. The van der Waals surface area contributed by atoms with E-state index < -0.39 is 15.9 Å². The molecule has 2 heterocycles. The Morgan fingerprint density at radius 1 is 1.10 bits per heavy atom. The molecule has 164 valence electrons. The molecule has 2 amide bonds. The summed E-state index contributed by atoms with van der Waals surface area (Å²) in [4.78, 5) is 27.0. The first-order valence-corrected chi connectivity index (χ1v) is 11.2. The van der Waals surface area contributed by atoms with Gasteiger partial charge in [0.05, 0.1) is 10.8 Å². The highest BCUT2D eigenvalue weighted by atomic mass is 32.2. The van der Waals surface area contributed by atoms with Crippen LogP contribution in [-0.2, 0) is 19.6 Å². The van der Waals surface area contributed by atoms with Crippen molar-refractivity contribution >= 4 is 33.2 Å². The summed E-state index contributed by atoms with van der Waals surface area (Å²) in [7, 11) is -0.735. The highest BCUT2D eigenvalue weighted by Crippen LogP contribution is 2.36. The quantitative estimate of drug-likeness (QED) is 0.751. The zero-order valence-electron chi connectivity index (χ0n) is 17.2. The van der Waals surface area contributed by atoms with Crippen molar-refractivity contribution in [3.63, 3.8) is 0 Å². The maximum absolute atomic E-state index is 12.8. The third kappa shape index (κ3) is 4.21. The third-order valence-electron chi connectivity index (χ3n) is 5.21. The Morgan fingerprint density at radius 2 is 1.84 bits per heavy atom. The van der Waals surface area contributed by atoms with Crippen molar-refractivity contribution in [2.24, 2.45) is 5.92 Å². The van der Waals surface area contributed by atoms with Crippen molar-refractivity contribution in [2.45, 2.75) is 11.3 Å². The zero-order valence-corrected chi connectivity index (χ0v) is 18.0. The molecule has 9 nitrogen and oxygen atoms in total. The lowest BCUT2D eigenvalue weighted by Crippen LogP contribution is -2.28. The van der Waals surface area contributed by atoms with Gasteiger partial charge in [0.15, 0.2) is 11.5 Å². The van der Waals surface area contributed by atoms with Gasteiger partial charge in [-0.3, -0.25) is 9.59 Å². The zero-order chi connectivity index (χ0) is 22.2. The number of anilines is 2. The van der Waals surface area contributed by atoms with Crippen LogP contribution in [-0.4, -0.2) is 58.4 Å². The summed E-state index contributed by atoms with van der Waals surface area (Å²) in [5.41, 5.74) is 1.00. The monoisotopic (exact) mass is 445 g/mol. The molecule has 2 aromatic rings. The maximum atomic E-state index is 12.8. The molecule has 0 aromatic heterocycles. The molecule has 0 radical (unpaired) electrons. The Hall–Kier alpha value is -3.11. The molecule has 2 aromatic carbocycles. The molecule has 1 fully saturated rings. The second-order valence-electron chi connectivity index (χ2n) is 7.54. The summed E-state index contributed by atoms with van der Waals surface area (Å²) in [5, 5.41) is 2.73. The minimum absolute atomic E-state index is 0.0654.